The van der Waals surface area contributed by atoms with Crippen LogP contribution in [0.3, 0.4) is 0 Å². The summed E-state index contributed by atoms with van der Waals surface area (Å²) in [5.74, 6) is 2.65. The number of hydrogen-bond acceptors (Lipinski definition) is 1. The summed E-state index contributed by atoms with van der Waals surface area (Å²) >= 11 is 0. The lowest BCUT2D eigenvalue weighted by Crippen LogP contribution is -2.61. The fourth-order valence-corrected chi connectivity index (χ4v) is 12.0. The monoisotopic (exact) mass is 298 g/mol. The van der Waals surface area contributed by atoms with Crippen LogP contribution in [0.5, 0.6) is 0 Å². The molecule has 1 aliphatic heterocycles. The minimum atomic E-state index is -2.18. The normalized spacial score (nSPS) is 47.0. The highest BCUT2D eigenvalue weighted by molar-refractivity contribution is 7.69. The Balaban J connectivity index is 2.43. The summed E-state index contributed by atoms with van der Waals surface area (Å²) in [7, 11) is -2.18. The largest absolute Gasteiger partial charge is 0.322 e. The van der Waals surface area contributed by atoms with Crippen molar-refractivity contribution in [3.05, 3.63) is 0 Å². The van der Waals surface area contributed by atoms with Gasteiger partial charge in [-0.1, -0.05) is 61.8 Å². The molecular formula is C18H35OP. The molecule has 0 radical (unpaired) electrons. The molecule has 0 aromatic heterocycles. The summed E-state index contributed by atoms with van der Waals surface area (Å²) in [6.45, 7) is 18.5. The van der Waals surface area contributed by atoms with Crippen molar-refractivity contribution in [1.29, 1.82) is 0 Å². The lowest BCUT2D eigenvalue weighted by atomic mass is 9.77. The maximum Gasteiger partial charge on any atom is 0.102 e. The zero-order valence-electron chi connectivity index (χ0n) is 14.9. The molecule has 1 nitrogen and oxygen atoms in total. The Hall–Kier alpha value is 0.230. The van der Waals surface area contributed by atoms with E-state index in [0.717, 1.165) is 5.92 Å². The SMILES string of the molecule is CC(C)[C@@H]1CC[C@@H](C)C[C@H]1P1(=O)C(C)(C)C(C)C1(C)C. The molecular weight excluding hydrogens is 263 g/mol. The van der Waals surface area contributed by atoms with Gasteiger partial charge in [-0.05, 0) is 36.5 Å². The zero-order valence-corrected chi connectivity index (χ0v) is 15.8. The van der Waals surface area contributed by atoms with Crippen LogP contribution < -0.4 is 0 Å². The first-order chi connectivity index (χ1) is 8.98. The average molecular weight is 298 g/mol. The topological polar surface area (TPSA) is 17.1 Å². The molecule has 0 amide bonds. The molecule has 0 unspecified atom stereocenters. The maximum atomic E-state index is 14.2. The Labute approximate surface area is 126 Å². The molecule has 2 heteroatoms. The van der Waals surface area contributed by atoms with Gasteiger partial charge in [-0.3, -0.25) is 0 Å². The highest BCUT2D eigenvalue weighted by Crippen LogP contribution is 2.86. The van der Waals surface area contributed by atoms with E-state index in [1.165, 1.54) is 19.3 Å². The van der Waals surface area contributed by atoms with E-state index in [1.807, 2.05) is 0 Å². The van der Waals surface area contributed by atoms with Crippen molar-refractivity contribution >= 4 is 7.14 Å². The van der Waals surface area contributed by atoms with Gasteiger partial charge in [0.05, 0.1) is 0 Å². The van der Waals surface area contributed by atoms with Gasteiger partial charge in [0.2, 0.25) is 0 Å². The van der Waals surface area contributed by atoms with Gasteiger partial charge in [0.1, 0.15) is 7.14 Å². The van der Waals surface area contributed by atoms with Crippen LogP contribution in [0, 0.1) is 23.7 Å². The maximum absolute atomic E-state index is 14.2. The van der Waals surface area contributed by atoms with Crippen LogP contribution in [0.2, 0.25) is 0 Å². The molecule has 0 aromatic carbocycles. The lowest BCUT2D eigenvalue weighted by molar-refractivity contribution is 0.200. The van der Waals surface area contributed by atoms with E-state index in [-0.39, 0.29) is 10.3 Å². The summed E-state index contributed by atoms with van der Waals surface area (Å²) < 4.78 is 14.2. The smallest absolute Gasteiger partial charge is 0.102 e. The van der Waals surface area contributed by atoms with Crippen molar-refractivity contribution in [2.45, 2.75) is 90.6 Å². The quantitative estimate of drug-likeness (QED) is 0.570. The van der Waals surface area contributed by atoms with Gasteiger partial charge in [0.15, 0.2) is 0 Å². The van der Waals surface area contributed by atoms with Gasteiger partial charge in [0, 0.05) is 16.0 Å². The first-order valence-corrected chi connectivity index (χ1v) is 10.4. The predicted molar refractivity (Wildman–Crippen MR) is 90.1 cm³/mol. The number of hydrogen-bond donors (Lipinski definition) is 0. The van der Waals surface area contributed by atoms with Crippen LogP contribution in [0.1, 0.15) is 74.7 Å². The van der Waals surface area contributed by atoms with Crippen LogP contribution >= 0.6 is 7.14 Å². The summed E-state index contributed by atoms with van der Waals surface area (Å²) in [6.07, 6.45) is 3.81. The van der Waals surface area contributed by atoms with Crippen LogP contribution in [-0.2, 0) is 4.57 Å². The minimum absolute atomic E-state index is 0.0331. The second-order valence-electron chi connectivity index (χ2n) is 9.08. The highest BCUT2D eigenvalue weighted by atomic mass is 31.2. The van der Waals surface area contributed by atoms with Crippen molar-refractivity contribution in [3.8, 4) is 0 Å². The standard InChI is InChI=1S/C18H35OP/c1-12(2)15-10-9-13(3)11-16(15)20(19)17(5,6)14(4)18(20,7)8/h12-16H,9-11H2,1-8H3/t13-,14?,15+,16-,20?/m1/s1. The first kappa shape index (κ1) is 16.6. The van der Waals surface area contributed by atoms with E-state index in [9.17, 15) is 4.57 Å². The van der Waals surface area contributed by atoms with E-state index in [2.05, 4.69) is 55.4 Å². The second-order valence-corrected chi connectivity index (χ2v) is 13.4. The second kappa shape index (κ2) is 4.87. The molecule has 2 rings (SSSR count). The third-order valence-corrected chi connectivity index (χ3v) is 13.0. The Morgan fingerprint density at radius 1 is 1.00 bits per heavy atom. The Morgan fingerprint density at radius 3 is 1.95 bits per heavy atom. The lowest BCUT2D eigenvalue weighted by Gasteiger charge is -2.67. The molecule has 2 fully saturated rings. The van der Waals surface area contributed by atoms with E-state index >= 15 is 0 Å². The van der Waals surface area contributed by atoms with Crippen molar-refractivity contribution in [3.63, 3.8) is 0 Å². The van der Waals surface area contributed by atoms with Gasteiger partial charge < -0.3 is 4.57 Å². The van der Waals surface area contributed by atoms with Gasteiger partial charge in [-0.2, -0.15) is 0 Å². The van der Waals surface area contributed by atoms with Gasteiger partial charge in [-0.15, -0.1) is 0 Å². The number of rotatable bonds is 2. The fraction of sp³-hybridized carbons (Fsp3) is 1.00. The molecule has 20 heavy (non-hydrogen) atoms. The Kier molecular flexibility index (Phi) is 4.04. The molecule has 0 N–H and O–H groups in total. The summed E-state index contributed by atoms with van der Waals surface area (Å²) in [5.41, 5.74) is 0.465. The molecule has 1 aliphatic carbocycles. The van der Waals surface area contributed by atoms with Crippen LogP contribution in [0.15, 0.2) is 0 Å². The average Bonchev–Trinajstić information content (AvgIpc) is 2.35. The van der Waals surface area contributed by atoms with Gasteiger partial charge >= 0.3 is 0 Å². The molecule has 0 aromatic rings. The zero-order chi connectivity index (χ0) is 15.5. The summed E-state index contributed by atoms with van der Waals surface area (Å²) in [6, 6.07) is 0. The Morgan fingerprint density at radius 2 is 1.50 bits per heavy atom. The first-order valence-electron chi connectivity index (χ1n) is 8.57. The third-order valence-electron chi connectivity index (χ3n) is 7.29. The van der Waals surface area contributed by atoms with E-state index in [0.29, 0.717) is 23.4 Å². The van der Waals surface area contributed by atoms with Crippen molar-refractivity contribution in [2.24, 2.45) is 23.7 Å². The van der Waals surface area contributed by atoms with E-state index < -0.39 is 7.14 Å². The summed E-state index contributed by atoms with van der Waals surface area (Å²) in [4.78, 5) is 0. The van der Waals surface area contributed by atoms with Crippen molar-refractivity contribution in [2.75, 3.05) is 0 Å². The van der Waals surface area contributed by atoms with Crippen molar-refractivity contribution < 1.29 is 4.57 Å². The van der Waals surface area contributed by atoms with Crippen LogP contribution in [-0.4, -0.2) is 16.0 Å². The molecule has 1 saturated carbocycles. The molecule has 2 aliphatic rings. The summed E-state index contributed by atoms with van der Waals surface area (Å²) in [5, 5.41) is 0.0662. The molecule has 1 heterocycles. The molecule has 3 atom stereocenters. The molecule has 1 saturated heterocycles. The molecule has 0 spiro atoms. The minimum Gasteiger partial charge on any atom is -0.322 e. The predicted octanol–water partition coefficient (Wildman–Crippen LogP) is 6.02. The van der Waals surface area contributed by atoms with Crippen LogP contribution in [0.25, 0.3) is 0 Å². The Bertz CT molecular complexity index is 401. The molecule has 0 bridgehead atoms. The van der Waals surface area contributed by atoms with Crippen LogP contribution in [0.4, 0.5) is 0 Å². The van der Waals surface area contributed by atoms with E-state index in [4.69, 9.17) is 0 Å². The molecule has 118 valence electrons. The highest BCUT2D eigenvalue weighted by Gasteiger charge is 2.71. The van der Waals surface area contributed by atoms with E-state index in [1.54, 1.807) is 0 Å². The fourth-order valence-electron chi connectivity index (χ4n) is 5.54. The van der Waals surface area contributed by atoms with Gasteiger partial charge in [-0.25, -0.2) is 0 Å². The third kappa shape index (κ3) is 1.91. The van der Waals surface area contributed by atoms with Crippen molar-refractivity contribution in [1.82, 2.24) is 0 Å². The van der Waals surface area contributed by atoms with Gasteiger partial charge in [0.25, 0.3) is 0 Å².